The van der Waals surface area contributed by atoms with Gasteiger partial charge in [-0.2, -0.15) is 0 Å². The van der Waals surface area contributed by atoms with Crippen LogP contribution in [0.1, 0.15) is 12.0 Å². The number of hydrogen-bond acceptors (Lipinski definition) is 4. The van der Waals surface area contributed by atoms with Crippen molar-refractivity contribution in [1.29, 1.82) is 0 Å². The average molecular weight is 363 g/mol. The Morgan fingerprint density at radius 2 is 1.84 bits per heavy atom. The van der Waals surface area contributed by atoms with Crippen LogP contribution in [-0.2, 0) is 11.2 Å². The molecule has 0 saturated carbocycles. The highest BCUT2D eigenvalue weighted by Crippen LogP contribution is 2.29. The van der Waals surface area contributed by atoms with Crippen molar-refractivity contribution >= 4 is 23.2 Å². The van der Waals surface area contributed by atoms with Gasteiger partial charge in [-0.15, -0.1) is 0 Å². The highest BCUT2D eigenvalue weighted by Gasteiger charge is 2.05. The molecule has 0 saturated heterocycles. The average Bonchev–Trinajstić information content (AvgIpc) is 2.61. The maximum Gasteiger partial charge on any atom is 0.221 e. The molecule has 1 amide bonds. The van der Waals surface area contributed by atoms with E-state index < -0.39 is 0 Å². The van der Waals surface area contributed by atoms with Gasteiger partial charge in [0.05, 0.1) is 14.2 Å². The summed E-state index contributed by atoms with van der Waals surface area (Å²) < 4.78 is 10.5. The van der Waals surface area contributed by atoms with Crippen LogP contribution >= 0.6 is 11.6 Å². The molecule has 0 fully saturated rings. The molecule has 25 heavy (non-hydrogen) atoms. The summed E-state index contributed by atoms with van der Waals surface area (Å²) in [5.41, 5.74) is 1.99. The van der Waals surface area contributed by atoms with Gasteiger partial charge in [-0.3, -0.25) is 4.79 Å². The molecule has 0 aromatic heterocycles. The van der Waals surface area contributed by atoms with Gasteiger partial charge in [0.25, 0.3) is 0 Å². The van der Waals surface area contributed by atoms with Crippen molar-refractivity contribution in [3.05, 3.63) is 53.1 Å². The van der Waals surface area contributed by atoms with E-state index in [1.165, 1.54) is 0 Å². The predicted octanol–water partition coefficient (Wildman–Crippen LogP) is 3.52. The van der Waals surface area contributed by atoms with Crippen LogP contribution in [0.25, 0.3) is 0 Å². The van der Waals surface area contributed by atoms with Crippen molar-refractivity contribution in [3.63, 3.8) is 0 Å². The van der Waals surface area contributed by atoms with Crippen LogP contribution < -0.4 is 20.1 Å². The molecule has 2 aromatic carbocycles. The molecule has 0 atom stereocenters. The van der Waals surface area contributed by atoms with Gasteiger partial charge in [0, 0.05) is 36.3 Å². The Morgan fingerprint density at radius 3 is 2.56 bits per heavy atom. The zero-order chi connectivity index (χ0) is 18.1. The summed E-state index contributed by atoms with van der Waals surface area (Å²) in [4.78, 5) is 11.9. The molecule has 0 aliphatic heterocycles. The van der Waals surface area contributed by atoms with Crippen molar-refractivity contribution in [2.75, 3.05) is 32.6 Å². The molecule has 6 heteroatoms. The van der Waals surface area contributed by atoms with Crippen LogP contribution in [0.3, 0.4) is 0 Å². The lowest BCUT2D eigenvalue weighted by Crippen LogP contribution is -2.27. The van der Waals surface area contributed by atoms with Crippen LogP contribution in [0.4, 0.5) is 5.69 Å². The Balaban J connectivity index is 1.70. The van der Waals surface area contributed by atoms with Crippen LogP contribution in [0, 0.1) is 0 Å². The van der Waals surface area contributed by atoms with Crippen molar-refractivity contribution in [1.82, 2.24) is 5.32 Å². The lowest BCUT2D eigenvalue weighted by Gasteiger charge is -2.11. The number of nitrogens with one attached hydrogen (secondary N) is 2. The second-order valence-corrected chi connectivity index (χ2v) is 5.91. The second kappa shape index (κ2) is 9.79. The Labute approximate surface area is 153 Å². The van der Waals surface area contributed by atoms with Crippen LogP contribution in [0.2, 0.25) is 5.02 Å². The summed E-state index contributed by atoms with van der Waals surface area (Å²) in [7, 11) is 3.19. The first kappa shape index (κ1) is 18.9. The number of amides is 1. The Kier molecular flexibility index (Phi) is 7.41. The highest BCUT2D eigenvalue weighted by atomic mass is 35.5. The molecule has 5 nitrogen and oxygen atoms in total. The summed E-state index contributed by atoms with van der Waals surface area (Å²) in [5.74, 6) is 1.33. The maximum atomic E-state index is 11.9. The number of methoxy groups -OCH3 is 2. The van der Waals surface area contributed by atoms with Gasteiger partial charge in [-0.1, -0.05) is 23.7 Å². The summed E-state index contributed by atoms with van der Waals surface area (Å²) in [5, 5.41) is 6.83. The van der Waals surface area contributed by atoms with E-state index in [4.69, 9.17) is 21.1 Å². The van der Waals surface area contributed by atoms with E-state index in [0.29, 0.717) is 36.0 Å². The summed E-state index contributed by atoms with van der Waals surface area (Å²) >= 11 is 5.94. The van der Waals surface area contributed by atoms with Crippen molar-refractivity contribution in [2.24, 2.45) is 0 Å². The summed E-state index contributed by atoms with van der Waals surface area (Å²) in [6.07, 6.45) is 1.15. The summed E-state index contributed by atoms with van der Waals surface area (Å²) in [6.45, 7) is 1.13. The molecular formula is C19H23ClN2O3. The number of halogens is 1. The normalized spacial score (nSPS) is 10.2. The smallest absolute Gasteiger partial charge is 0.221 e. The molecular weight excluding hydrogens is 340 g/mol. The number of benzene rings is 2. The van der Waals surface area contributed by atoms with E-state index in [-0.39, 0.29) is 5.91 Å². The van der Waals surface area contributed by atoms with E-state index in [1.54, 1.807) is 14.2 Å². The van der Waals surface area contributed by atoms with E-state index in [1.807, 2.05) is 42.5 Å². The zero-order valence-electron chi connectivity index (χ0n) is 14.5. The van der Waals surface area contributed by atoms with E-state index in [2.05, 4.69) is 10.6 Å². The summed E-state index contributed by atoms with van der Waals surface area (Å²) in [6, 6.07) is 13.2. The number of rotatable bonds is 9. The molecule has 0 unspecified atom stereocenters. The number of anilines is 1. The topological polar surface area (TPSA) is 59.6 Å². The highest BCUT2D eigenvalue weighted by molar-refractivity contribution is 6.30. The molecule has 0 bridgehead atoms. The van der Waals surface area contributed by atoms with Crippen molar-refractivity contribution < 1.29 is 14.3 Å². The fourth-order valence-corrected chi connectivity index (χ4v) is 2.61. The number of ether oxygens (including phenoxy) is 2. The molecule has 2 rings (SSSR count). The van der Waals surface area contributed by atoms with Crippen molar-refractivity contribution in [2.45, 2.75) is 12.8 Å². The minimum absolute atomic E-state index is 0.00926. The monoisotopic (exact) mass is 362 g/mol. The van der Waals surface area contributed by atoms with Gasteiger partial charge >= 0.3 is 0 Å². The first-order valence-electron chi connectivity index (χ1n) is 8.09. The van der Waals surface area contributed by atoms with Gasteiger partial charge in [-0.25, -0.2) is 0 Å². The first-order valence-corrected chi connectivity index (χ1v) is 8.47. The SMILES string of the molecule is COc1ccc(NCCC(=O)NCCc2cccc(Cl)c2)cc1OC. The molecule has 0 heterocycles. The molecule has 0 aliphatic rings. The third-order valence-electron chi connectivity index (χ3n) is 3.69. The number of hydrogen-bond donors (Lipinski definition) is 2. The van der Waals surface area contributed by atoms with Crippen molar-refractivity contribution in [3.8, 4) is 11.5 Å². The molecule has 2 N–H and O–H groups in total. The molecule has 2 aromatic rings. The Bertz CT molecular complexity index is 707. The van der Waals surface area contributed by atoms with Crippen LogP contribution in [-0.4, -0.2) is 33.2 Å². The minimum atomic E-state index is 0.00926. The number of carbonyl (C=O) groups excluding carboxylic acids is 1. The first-order chi connectivity index (χ1) is 12.1. The molecule has 134 valence electrons. The second-order valence-electron chi connectivity index (χ2n) is 5.48. The molecule has 0 aliphatic carbocycles. The van der Waals surface area contributed by atoms with Gasteiger partial charge < -0.3 is 20.1 Å². The van der Waals surface area contributed by atoms with Gasteiger partial charge in [0.1, 0.15) is 0 Å². The van der Waals surface area contributed by atoms with Gasteiger partial charge in [-0.05, 0) is 36.2 Å². The van der Waals surface area contributed by atoms with E-state index >= 15 is 0 Å². The quantitative estimate of drug-likeness (QED) is 0.716. The van der Waals surface area contributed by atoms with E-state index in [0.717, 1.165) is 17.7 Å². The van der Waals surface area contributed by atoms with Gasteiger partial charge in [0.15, 0.2) is 11.5 Å². The minimum Gasteiger partial charge on any atom is -0.493 e. The fourth-order valence-electron chi connectivity index (χ4n) is 2.39. The van der Waals surface area contributed by atoms with Crippen LogP contribution in [0.15, 0.2) is 42.5 Å². The Hall–Kier alpha value is -2.40. The maximum absolute atomic E-state index is 11.9. The third-order valence-corrected chi connectivity index (χ3v) is 3.92. The third kappa shape index (κ3) is 6.19. The van der Waals surface area contributed by atoms with E-state index in [9.17, 15) is 4.79 Å². The Morgan fingerprint density at radius 1 is 1.04 bits per heavy atom. The fraction of sp³-hybridized carbons (Fsp3) is 0.316. The molecule has 0 radical (unpaired) electrons. The number of carbonyl (C=O) groups is 1. The largest absolute Gasteiger partial charge is 0.493 e. The predicted molar refractivity (Wildman–Crippen MR) is 101 cm³/mol. The van der Waals surface area contributed by atoms with Crippen LogP contribution in [0.5, 0.6) is 11.5 Å². The lowest BCUT2D eigenvalue weighted by atomic mass is 10.1. The van der Waals surface area contributed by atoms with Gasteiger partial charge in [0.2, 0.25) is 5.91 Å². The standard InChI is InChI=1S/C19H23ClN2O3/c1-24-17-7-6-16(13-18(17)25-2)21-11-9-19(23)22-10-8-14-4-3-5-15(20)12-14/h3-7,12-13,21H,8-11H2,1-2H3,(H,22,23). The zero-order valence-corrected chi connectivity index (χ0v) is 15.2. The lowest BCUT2D eigenvalue weighted by molar-refractivity contribution is -0.120. The molecule has 0 spiro atoms.